The molecular weight excluding hydrogens is 282 g/mol. The number of rotatable bonds is 11. The van der Waals surface area contributed by atoms with Crippen LogP contribution in [-0.2, 0) is 4.79 Å². The number of benzene rings is 1. The van der Waals surface area contributed by atoms with E-state index in [9.17, 15) is 4.79 Å². The number of nitrogens with one attached hydrogen (secondary N) is 1. The molecule has 21 heavy (non-hydrogen) atoms. The summed E-state index contributed by atoms with van der Waals surface area (Å²) < 4.78 is 0. The van der Waals surface area contributed by atoms with Crippen LogP contribution >= 0.6 is 11.6 Å². The number of hydrogen-bond acceptors (Lipinski definition) is 1. The fourth-order valence-electron chi connectivity index (χ4n) is 2.39. The van der Waals surface area contributed by atoms with Crippen LogP contribution in [0.25, 0.3) is 0 Å². The minimum Gasteiger partial charge on any atom is -0.326 e. The van der Waals surface area contributed by atoms with E-state index < -0.39 is 0 Å². The van der Waals surface area contributed by atoms with Crippen LogP contribution in [0, 0.1) is 0 Å². The lowest BCUT2D eigenvalue weighted by atomic mass is 10.1. The van der Waals surface area contributed by atoms with Gasteiger partial charge in [0.1, 0.15) is 0 Å². The molecule has 0 bridgehead atoms. The number of carbonyl (C=O) groups is 1. The predicted octanol–water partition coefficient (Wildman–Crippen LogP) is 6.20. The molecule has 0 unspecified atom stereocenters. The van der Waals surface area contributed by atoms with Crippen molar-refractivity contribution in [3.05, 3.63) is 29.3 Å². The molecule has 0 saturated carbocycles. The topological polar surface area (TPSA) is 29.1 Å². The molecule has 0 radical (unpaired) electrons. The van der Waals surface area contributed by atoms with E-state index in [0.717, 1.165) is 18.5 Å². The number of unbranched alkanes of at least 4 members (excludes halogenated alkanes) is 8. The van der Waals surface area contributed by atoms with Crippen LogP contribution in [0.15, 0.2) is 24.3 Å². The lowest BCUT2D eigenvalue weighted by Gasteiger charge is -2.05. The van der Waals surface area contributed by atoms with Crippen molar-refractivity contribution in [3.8, 4) is 0 Å². The van der Waals surface area contributed by atoms with Crippen LogP contribution in [-0.4, -0.2) is 5.91 Å². The van der Waals surface area contributed by atoms with Gasteiger partial charge in [0.15, 0.2) is 0 Å². The summed E-state index contributed by atoms with van der Waals surface area (Å²) in [6.45, 7) is 2.24. The van der Waals surface area contributed by atoms with E-state index in [-0.39, 0.29) is 5.91 Å². The Morgan fingerprint density at radius 3 is 2.24 bits per heavy atom. The third-order valence-corrected chi connectivity index (χ3v) is 3.85. The molecule has 2 nitrogen and oxygen atoms in total. The van der Waals surface area contributed by atoms with Gasteiger partial charge in [-0.25, -0.2) is 0 Å². The van der Waals surface area contributed by atoms with Crippen LogP contribution in [0.5, 0.6) is 0 Å². The summed E-state index contributed by atoms with van der Waals surface area (Å²) in [7, 11) is 0. The largest absolute Gasteiger partial charge is 0.326 e. The summed E-state index contributed by atoms with van der Waals surface area (Å²) in [6.07, 6.45) is 12.0. The summed E-state index contributed by atoms with van der Waals surface area (Å²) in [5, 5.41) is 3.53. The average Bonchev–Trinajstić information content (AvgIpc) is 2.45. The van der Waals surface area contributed by atoms with E-state index in [0.29, 0.717) is 11.4 Å². The van der Waals surface area contributed by atoms with Gasteiger partial charge in [0.2, 0.25) is 5.91 Å². The molecule has 0 heterocycles. The lowest BCUT2D eigenvalue weighted by Crippen LogP contribution is -2.10. The van der Waals surface area contributed by atoms with Crippen LogP contribution in [0.3, 0.4) is 0 Å². The molecule has 1 aromatic carbocycles. The smallest absolute Gasteiger partial charge is 0.224 e. The van der Waals surface area contributed by atoms with Crippen molar-refractivity contribution < 1.29 is 4.79 Å². The van der Waals surface area contributed by atoms with E-state index in [1.807, 2.05) is 12.1 Å². The Kier molecular flexibility index (Phi) is 9.98. The van der Waals surface area contributed by atoms with Gasteiger partial charge in [-0.15, -0.1) is 0 Å². The average molecular weight is 310 g/mol. The summed E-state index contributed by atoms with van der Waals surface area (Å²) >= 11 is 5.88. The van der Waals surface area contributed by atoms with Crippen LogP contribution in [0.1, 0.15) is 71.1 Å². The second kappa shape index (κ2) is 11.6. The van der Waals surface area contributed by atoms with Crippen molar-refractivity contribution in [1.82, 2.24) is 0 Å². The molecule has 0 fully saturated rings. The summed E-state index contributed by atoms with van der Waals surface area (Å²) in [4.78, 5) is 11.8. The van der Waals surface area contributed by atoms with Crippen molar-refractivity contribution in [1.29, 1.82) is 0 Å². The van der Waals surface area contributed by atoms with Gasteiger partial charge in [0.05, 0.1) is 0 Å². The molecule has 1 N–H and O–H groups in total. The standard InChI is InChI=1S/C18H28ClNO/c1-2-3-4-5-6-7-8-9-10-14-18(21)20-17-13-11-12-16(19)15-17/h11-13,15H,2-10,14H2,1H3,(H,20,21). The number of halogens is 1. The Morgan fingerprint density at radius 2 is 1.62 bits per heavy atom. The second-order valence-electron chi connectivity index (χ2n) is 5.64. The van der Waals surface area contributed by atoms with Gasteiger partial charge >= 0.3 is 0 Å². The highest BCUT2D eigenvalue weighted by molar-refractivity contribution is 6.30. The third kappa shape index (κ3) is 9.52. The fourth-order valence-corrected chi connectivity index (χ4v) is 2.58. The van der Waals surface area contributed by atoms with E-state index >= 15 is 0 Å². The van der Waals surface area contributed by atoms with Crippen LogP contribution in [0.4, 0.5) is 5.69 Å². The summed E-state index contributed by atoms with van der Waals surface area (Å²) in [6, 6.07) is 7.28. The van der Waals surface area contributed by atoms with Crippen LogP contribution < -0.4 is 5.32 Å². The minimum absolute atomic E-state index is 0.0835. The molecule has 3 heteroatoms. The van der Waals surface area contributed by atoms with Gasteiger partial charge in [-0.1, -0.05) is 76.0 Å². The maximum absolute atomic E-state index is 11.8. The van der Waals surface area contributed by atoms with Gasteiger partial charge in [0, 0.05) is 17.1 Å². The maximum atomic E-state index is 11.8. The zero-order chi connectivity index (χ0) is 15.3. The molecular formula is C18H28ClNO. The first-order valence-corrected chi connectivity index (χ1v) is 8.65. The number of amides is 1. The molecule has 0 aliphatic heterocycles. The molecule has 1 amide bonds. The molecule has 0 aromatic heterocycles. The summed E-state index contributed by atoms with van der Waals surface area (Å²) in [5.41, 5.74) is 0.781. The molecule has 0 spiro atoms. The third-order valence-electron chi connectivity index (χ3n) is 3.62. The normalized spacial score (nSPS) is 10.6. The zero-order valence-electron chi connectivity index (χ0n) is 13.2. The highest BCUT2D eigenvalue weighted by Gasteiger charge is 2.02. The van der Waals surface area contributed by atoms with Gasteiger partial charge in [-0.3, -0.25) is 4.79 Å². The van der Waals surface area contributed by atoms with Crippen LogP contribution in [0.2, 0.25) is 5.02 Å². The Morgan fingerprint density at radius 1 is 1.00 bits per heavy atom. The van der Waals surface area contributed by atoms with Crippen molar-refractivity contribution in [2.24, 2.45) is 0 Å². The minimum atomic E-state index is 0.0835. The van der Waals surface area contributed by atoms with E-state index in [2.05, 4.69) is 12.2 Å². The highest BCUT2D eigenvalue weighted by Crippen LogP contribution is 2.16. The molecule has 0 aliphatic carbocycles. The molecule has 1 aromatic rings. The van der Waals surface area contributed by atoms with E-state index in [1.54, 1.807) is 12.1 Å². The van der Waals surface area contributed by atoms with Gasteiger partial charge in [0.25, 0.3) is 0 Å². The van der Waals surface area contributed by atoms with Gasteiger partial charge in [-0.05, 0) is 24.6 Å². The monoisotopic (exact) mass is 309 g/mol. The van der Waals surface area contributed by atoms with Crippen molar-refractivity contribution in [3.63, 3.8) is 0 Å². The molecule has 118 valence electrons. The first kappa shape index (κ1) is 18.0. The molecule has 1 rings (SSSR count). The quantitative estimate of drug-likeness (QED) is 0.484. The molecule has 0 saturated heterocycles. The maximum Gasteiger partial charge on any atom is 0.224 e. The number of carbonyl (C=O) groups excluding carboxylic acids is 1. The van der Waals surface area contributed by atoms with Crippen molar-refractivity contribution >= 4 is 23.2 Å². The summed E-state index contributed by atoms with van der Waals surface area (Å²) in [5.74, 6) is 0.0835. The zero-order valence-corrected chi connectivity index (χ0v) is 13.9. The van der Waals surface area contributed by atoms with Gasteiger partial charge in [-0.2, -0.15) is 0 Å². The van der Waals surface area contributed by atoms with Crippen molar-refractivity contribution in [2.75, 3.05) is 5.32 Å². The predicted molar refractivity (Wildman–Crippen MR) is 91.9 cm³/mol. The Labute approximate surface area is 134 Å². The first-order chi connectivity index (χ1) is 10.2. The Hall–Kier alpha value is -1.02. The van der Waals surface area contributed by atoms with E-state index in [1.165, 1.54) is 44.9 Å². The Balaban J connectivity index is 1.99. The second-order valence-corrected chi connectivity index (χ2v) is 6.07. The SMILES string of the molecule is CCCCCCCCCCCC(=O)Nc1cccc(Cl)c1. The Bertz CT molecular complexity index is 406. The van der Waals surface area contributed by atoms with E-state index in [4.69, 9.17) is 11.6 Å². The first-order valence-electron chi connectivity index (χ1n) is 8.28. The number of hydrogen-bond donors (Lipinski definition) is 1. The van der Waals surface area contributed by atoms with Gasteiger partial charge < -0.3 is 5.32 Å². The lowest BCUT2D eigenvalue weighted by molar-refractivity contribution is -0.116. The van der Waals surface area contributed by atoms with Crippen molar-refractivity contribution in [2.45, 2.75) is 71.1 Å². The highest BCUT2D eigenvalue weighted by atomic mass is 35.5. The fraction of sp³-hybridized carbons (Fsp3) is 0.611. The number of anilines is 1. The molecule has 0 atom stereocenters. The molecule has 0 aliphatic rings.